The fraction of sp³-hybridized carbons (Fsp3) is 0.250. The molecule has 0 unspecified atom stereocenters. The quantitative estimate of drug-likeness (QED) is 0.552. The number of hydrogen-bond donors (Lipinski definition) is 1. The summed E-state index contributed by atoms with van der Waals surface area (Å²) in [6.45, 7) is 6.04. The SMILES string of the molecule is Cc1cccc(COCCn2cnc(-c3ccccc3)c2C)c1N. The predicted octanol–water partition coefficient (Wildman–Crippen LogP) is 3.97. The Bertz CT molecular complexity index is 809. The number of aromatic nitrogens is 2. The number of benzene rings is 2. The molecule has 0 saturated carbocycles. The van der Waals surface area contributed by atoms with E-state index < -0.39 is 0 Å². The summed E-state index contributed by atoms with van der Waals surface area (Å²) >= 11 is 0. The van der Waals surface area contributed by atoms with E-state index in [4.69, 9.17) is 10.5 Å². The van der Waals surface area contributed by atoms with Crippen molar-refractivity contribution in [3.63, 3.8) is 0 Å². The first-order valence-corrected chi connectivity index (χ1v) is 8.15. The lowest BCUT2D eigenvalue weighted by atomic mass is 10.1. The van der Waals surface area contributed by atoms with Gasteiger partial charge in [0.25, 0.3) is 0 Å². The zero-order valence-electron chi connectivity index (χ0n) is 14.2. The molecule has 0 bridgehead atoms. The largest absolute Gasteiger partial charge is 0.398 e. The van der Waals surface area contributed by atoms with Crippen molar-refractivity contribution in [2.45, 2.75) is 27.0 Å². The van der Waals surface area contributed by atoms with Crippen LogP contribution < -0.4 is 5.73 Å². The van der Waals surface area contributed by atoms with Gasteiger partial charge < -0.3 is 15.0 Å². The van der Waals surface area contributed by atoms with Crippen LogP contribution in [0.1, 0.15) is 16.8 Å². The Morgan fingerprint density at radius 2 is 1.83 bits per heavy atom. The molecule has 1 heterocycles. The molecular formula is C20H23N3O. The molecule has 0 radical (unpaired) electrons. The fourth-order valence-electron chi connectivity index (χ4n) is 2.76. The van der Waals surface area contributed by atoms with E-state index in [-0.39, 0.29) is 0 Å². The lowest BCUT2D eigenvalue weighted by molar-refractivity contribution is 0.113. The van der Waals surface area contributed by atoms with Crippen molar-refractivity contribution < 1.29 is 4.74 Å². The average molecular weight is 321 g/mol. The minimum atomic E-state index is 0.535. The van der Waals surface area contributed by atoms with E-state index in [9.17, 15) is 0 Å². The van der Waals surface area contributed by atoms with E-state index >= 15 is 0 Å². The molecule has 0 saturated heterocycles. The van der Waals surface area contributed by atoms with Crippen LogP contribution >= 0.6 is 0 Å². The maximum Gasteiger partial charge on any atom is 0.0956 e. The topological polar surface area (TPSA) is 53.1 Å². The van der Waals surface area contributed by atoms with Gasteiger partial charge in [0.15, 0.2) is 0 Å². The van der Waals surface area contributed by atoms with Crippen molar-refractivity contribution in [3.8, 4) is 11.3 Å². The van der Waals surface area contributed by atoms with Crippen LogP contribution in [0.3, 0.4) is 0 Å². The van der Waals surface area contributed by atoms with Crippen LogP contribution in [0.15, 0.2) is 54.9 Å². The van der Waals surface area contributed by atoms with E-state index in [1.54, 1.807) is 0 Å². The van der Waals surface area contributed by atoms with Crippen molar-refractivity contribution in [2.24, 2.45) is 0 Å². The van der Waals surface area contributed by atoms with Gasteiger partial charge in [-0.05, 0) is 19.4 Å². The van der Waals surface area contributed by atoms with Crippen molar-refractivity contribution in [1.82, 2.24) is 9.55 Å². The molecule has 24 heavy (non-hydrogen) atoms. The highest BCUT2D eigenvalue weighted by Gasteiger charge is 2.08. The molecule has 4 heteroatoms. The first-order valence-electron chi connectivity index (χ1n) is 8.15. The molecule has 0 atom stereocenters. The summed E-state index contributed by atoms with van der Waals surface area (Å²) in [5.41, 5.74) is 12.4. The van der Waals surface area contributed by atoms with E-state index in [1.165, 1.54) is 0 Å². The van der Waals surface area contributed by atoms with E-state index in [2.05, 4.69) is 28.6 Å². The van der Waals surface area contributed by atoms with Gasteiger partial charge >= 0.3 is 0 Å². The molecule has 3 rings (SSSR count). The molecule has 0 amide bonds. The standard InChI is InChI=1S/C20H23N3O/c1-15-7-6-10-18(19(15)21)13-24-12-11-23-14-22-20(16(23)2)17-8-4-3-5-9-17/h3-10,14H,11-13,21H2,1-2H3. The Kier molecular flexibility index (Phi) is 4.96. The average Bonchev–Trinajstić information content (AvgIpc) is 2.97. The van der Waals surface area contributed by atoms with Crippen LogP contribution in [-0.4, -0.2) is 16.2 Å². The van der Waals surface area contributed by atoms with Gasteiger partial charge in [-0.15, -0.1) is 0 Å². The molecule has 0 aliphatic carbocycles. The number of anilines is 1. The number of aryl methyl sites for hydroxylation is 1. The molecule has 0 aliphatic rings. The molecule has 0 spiro atoms. The summed E-state index contributed by atoms with van der Waals surface area (Å²) in [5, 5.41) is 0. The maximum atomic E-state index is 6.07. The van der Waals surface area contributed by atoms with Gasteiger partial charge in [-0.25, -0.2) is 4.98 Å². The molecule has 0 aliphatic heterocycles. The summed E-state index contributed by atoms with van der Waals surface area (Å²) in [6, 6.07) is 16.3. The van der Waals surface area contributed by atoms with Crippen LogP contribution in [0.5, 0.6) is 0 Å². The second-order valence-corrected chi connectivity index (χ2v) is 5.94. The molecule has 3 aromatic rings. The Labute approximate surface area is 142 Å². The summed E-state index contributed by atoms with van der Waals surface area (Å²) in [4.78, 5) is 4.54. The number of nitrogens with zero attached hydrogens (tertiary/aromatic N) is 2. The third-order valence-electron chi connectivity index (χ3n) is 4.30. The smallest absolute Gasteiger partial charge is 0.0956 e. The van der Waals surface area contributed by atoms with E-state index in [1.807, 2.05) is 49.6 Å². The lowest BCUT2D eigenvalue weighted by Gasteiger charge is -2.10. The maximum absolute atomic E-state index is 6.07. The molecule has 124 valence electrons. The highest BCUT2D eigenvalue weighted by molar-refractivity contribution is 5.61. The molecule has 2 N–H and O–H groups in total. The Balaban J connectivity index is 1.58. The first kappa shape index (κ1) is 16.3. The third-order valence-corrected chi connectivity index (χ3v) is 4.30. The second-order valence-electron chi connectivity index (χ2n) is 5.94. The lowest BCUT2D eigenvalue weighted by Crippen LogP contribution is -2.07. The monoisotopic (exact) mass is 321 g/mol. The fourth-order valence-corrected chi connectivity index (χ4v) is 2.76. The van der Waals surface area contributed by atoms with Crippen molar-refractivity contribution in [2.75, 3.05) is 12.3 Å². The van der Waals surface area contributed by atoms with Crippen LogP contribution in [0.2, 0.25) is 0 Å². The number of nitrogen functional groups attached to an aromatic ring is 1. The normalized spacial score (nSPS) is 10.9. The summed E-state index contributed by atoms with van der Waals surface area (Å²) in [5.74, 6) is 0. The van der Waals surface area contributed by atoms with Gasteiger partial charge in [0.05, 0.1) is 25.2 Å². The minimum absolute atomic E-state index is 0.535. The Morgan fingerprint density at radius 1 is 1.04 bits per heavy atom. The van der Waals surface area contributed by atoms with Crippen LogP contribution in [-0.2, 0) is 17.9 Å². The number of hydrogen-bond acceptors (Lipinski definition) is 3. The van der Waals surface area contributed by atoms with Gasteiger partial charge in [0.2, 0.25) is 0 Å². The molecule has 4 nitrogen and oxygen atoms in total. The zero-order valence-corrected chi connectivity index (χ0v) is 14.2. The van der Waals surface area contributed by atoms with Crippen molar-refractivity contribution in [3.05, 3.63) is 71.7 Å². The Morgan fingerprint density at radius 3 is 2.62 bits per heavy atom. The number of para-hydroxylation sites is 1. The number of nitrogens with two attached hydrogens (primary N) is 1. The van der Waals surface area contributed by atoms with Gasteiger partial charge in [-0.3, -0.25) is 0 Å². The summed E-state index contributed by atoms with van der Waals surface area (Å²) in [7, 11) is 0. The van der Waals surface area contributed by atoms with Crippen molar-refractivity contribution in [1.29, 1.82) is 0 Å². The van der Waals surface area contributed by atoms with Gasteiger partial charge in [0, 0.05) is 29.1 Å². The summed E-state index contributed by atoms with van der Waals surface area (Å²) in [6.07, 6.45) is 1.88. The van der Waals surface area contributed by atoms with Gasteiger partial charge in [0.1, 0.15) is 0 Å². The van der Waals surface area contributed by atoms with E-state index in [0.29, 0.717) is 13.2 Å². The van der Waals surface area contributed by atoms with Gasteiger partial charge in [-0.1, -0.05) is 48.5 Å². The number of ether oxygens (including phenoxy) is 1. The third kappa shape index (κ3) is 3.49. The number of rotatable bonds is 6. The predicted molar refractivity (Wildman–Crippen MR) is 97.6 cm³/mol. The number of imidazole rings is 1. The zero-order chi connectivity index (χ0) is 16.9. The molecule has 0 fully saturated rings. The first-order chi connectivity index (χ1) is 11.7. The molecular weight excluding hydrogens is 298 g/mol. The van der Waals surface area contributed by atoms with E-state index in [0.717, 1.165) is 40.3 Å². The molecule has 2 aromatic carbocycles. The van der Waals surface area contributed by atoms with Crippen LogP contribution in [0, 0.1) is 13.8 Å². The minimum Gasteiger partial charge on any atom is -0.398 e. The Hall–Kier alpha value is -2.59. The highest BCUT2D eigenvalue weighted by Crippen LogP contribution is 2.21. The van der Waals surface area contributed by atoms with Crippen LogP contribution in [0.25, 0.3) is 11.3 Å². The second kappa shape index (κ2) is 7.32. The van der Waals surface area contributed by atoms with Crippen molar-refractivity contribution >= 4 is 5.69 Å². The highest BCUT2D eigenvalue weighted by atomic mass is 16.5. The van der Waals surface area contributed by atoms with Crippen LogP contribution in [0.4, 0.5) is 5.69 Å². The molecule has 1 aromatic heterocycles. The summed E-state index contributed by atoms with van der Waals surface area (Å²) < 4.78 is 7.93. The van der Waals surface area contributed by atoms with Gasteiger partial charge in [-0.2, -0.15) is 0 Å².